The van der Waals surface area contributed by atoms with Crippen LogP contribution in [0.5, 0.6) is 0 Å². The number of hydrogen-bond donors (Lipinski definition) is 0. The van der Waals surface area contributed by atoms with Crippen molar-refractivity contribution in [3.8, 4) is 0 Å². The molecule has 0 aromatic heterocycles. The number of para-hydroxylation sites is 1. The molecule has 2 amide bonds. The quantitative estimate of drug-likeness (QED) is 0.635. The molecule has 0 heterocycles. The lowest BCUT2D eigenvalue weighted by Gasteiger charge is -2.27. The van der Waals surface area contributed by atoms with Gasteiger partial charge in [0.15, 0.2) is 0 Å². The number of carbonyl (C=O) groups is 2. The van der Waals surface area contributed by atoms with Crippen LogP contribution < -0.4 is 4.90 Å². The molecule has 1 spiro atoms. The number of halogens is 1. The van der Waals surface area contributed by atoms with Crippen molar-refractivity contribution in [1.29, 1.82) is 0 Å². The largest absolute Gasteiger partial charge is 0.278 e. The van der Waals surface area contributed by atoms with E-state index in [2.05, 4.69) is 19.1 Å². The van der Waals surface area contributed by atoms with E-state index in [0.29, 0.717) is 12.3 Å². The second-order valence-electron chi connectivity index (χ2n) is 6.82. The Balaban J connectivity index is 1.68. The van der Waals surface area contributed by atoms with Crippen LogP contribution in [-0.2, 0) is 9.59 Å². The van der Waals surface area contributed by atoms with Gasteiger partial charge in [0.1, 0.15) is 5.82 Å². The van der Waals surface area contributed by atoms with Crippen LogP contribution in [0.25, 0.3) is 0 Å². The second-order valence-corrected chi connectivity index (χ2v) is 6.82. The Bertz CT molecular complexity index is 679. The predicted octanol–water partition coefficient (Wildman–Crippen LogP) is 3.16. The van der Waals surface area contributed by atoms with Crippen molar-refractivity contribution in [2.45, 2.75) is 19.8 Å². The van der Waals surface area contributed by atoms with Gasteiger partial charge in [-0.1, -0.05) is 31.2 Å². The first-order valence-corrected chi connectivity index (χ1v) is 7.81. The third-order valence-electron chi connectivity index (χ3n) is 5.94. The van der Waals surface area contributed by atoms with Crippen molar-refractivity contribution >= 4 is 18.0 Å². The summed E-state index contributed by atoms with van der Waals surface area (Å²) in [4.78, 5) is 25.4. The number of nitrogens with zero attached hydrogens (tertiary/aromatic N) is 1. The topological polar surface area (TPSA) is 37.4 Å². The van der Waals surface area contributed by atoms with Gasteiger partial charge in [-0.25, -0.2) is 9.29 Å². The zero-order valence-electron chi connectivity index (χ0n) is 12.4. The van der Waals surface area contributed by atoms with Crippen LogP contribution >= 0.6 is 0 Å². The fraction of sp³-hybridized carbons (Fsp3) is 0.444. The van der Waals surface area contributed by atoms with Crippen LogP contribution in [-0.4, -0.2) is 12.3 Å². The Hall–Kier alpha value is -1.97. The van der Waals surface area contributed by atoms with Crippen LogP contribution in [0.3, 0.4) is 0 Å². The Kier molecular flexibility index (Phi) is 2.80. The summed E-state index contributed by atoms with van der Waals surface area (Å²) < 4.78 is 14.0. The van der Waals surface area contributed by atoms with E-state index in [1.54, 1.807) is 12.1 Å². The lowest BCUT2D eigenvalue weighted by molar-refractivity contribution is -0.127. The van der Waals surface area contributed by atoms with Gasteiger partial charge in [0.2, 0.25) is 12.3 Å². The molecular weight excluding hydrogens is 281 g/mol. The van der Waals surface area contributed by atoms with Gasteiger partial charge >= 0.3 is 0 Å². The first-order valence-electron chi connectivity index (χ1n) is 7.81. The molecule has 3 aliphatic rings. The minimum atomic E-state index is -0.546. The van der Waals surface area contributed by atoms with Crippen molar-refractivity contribution in [3.63, 3.8) is 0 Å². The molecule has 0 aliphatic heterocycles. The molecule has 2 fully saturated rings. The molecule has 0 saturated heterocycles. The molecule has 114 valence electrons. The highest BCUT2D eigenvalue weighted by molar-refractivity contribution is 6.08. The fourth-order valence-electron chi connectivity index (χ4n) is 4.80. The maximum atomic E-state index is 14.0. The van der Waals surface area contributed by atoms with Crippen molar-refractivity contribution in [3.05, 3.63) is 42.2 Å². The molecule has 22 heavy (non-hydrogen) atoms. The Morgan fingerprint density at radius 2 is 1.95 bits per heavy atom. The summed E-state index contributed by atoms with van der Waals surface area (Å²) in [5, 5.41) is 0. The standard InChI is InChI=1S/C18H18FNO2/c1-11-12-6-7-13(18(12)8-9-18)16(11)17(22)20(10-21)15-5-3-2-4-14(15)19/h2-7,10-13,16H,8-9H2,1H3/t11-,12+,13+,16-/m0/s1. The molecule has 1 aromatic carbocycles. The summed E-state index contributed by atoms with van der Waals surface area (Å²) in [6.45, 7) is 2.08. The molecule has 4 rings (SSSR count). The number of hydrogen-bond acceptors (Lipinski definition) is 2. The molecule has 4 heteroatoms. The van der Waals surface area contributed by atoms with Crippen LogP contribution in [0.4, 0.5) is 10.1 Å². The first-order chi connectivity index (χ1) is 10.6. The second kappa shape index (κ2) is 4.51. The highest BCUT2D eigenvalue weighted by Gasteiger charge is 2.67. The van der Waals surface area contributed by atoms with E-state index in [1.807, 2.05) is 0 Å². The Morgan fingerprint density at radius 3 is 2.55 bits per heavy atom. The summed E-state index contributed by atoms with van der Waals surface area (Å²) in [6, 6.07) is 5.93. The molecular formula is C18H18FNO2. The van der Waals surface area contributed by atoms with Gasteiger partial charge < -0.3 is 0 Å². The minimum Gasteiger partial charge on any atom is -0.278 e. The third kappa shape index (κ3) is 1.61. The summed E-state index contributed by atoms with van der Waals surface area (Å²) >= 11 is 0. The zero-order chi connectivity index (χ0) is 15.5. The van der Waals surface area contributed by atoms with Crippen molar-refractivity contribution < 1.29 is 14.0 Å². The van der Waals surface area contributed by atoms with Crippen molar-refractivity contribution in [1.82, 2.24) is 0 Å². The number of imide groups is 1. The lowest BCUT2D eigenvalue weighted by atomic mass is 9.83. The van der Waals surface area contributed by atoms with Gasteiger partial charge in [-0.15, -0.1) is 0 Å². The lowest BCUT2D eigenvalue weighted by Crippen LogP contribution is -2.40. The zero-order valence-corrected chi connectivity index (χ0v) is 12.4. The maximum Gasteiger partial charge on any atom is 0.237 e. The van der Waals surface area contributed by atoms with E-state index in [9.17, 15) is 14.0 Å². The van der Waals surface area contributed by atoms with E-state index in [1.165, 1.54) is 12.1 Å². The summed E-state index contributed by atoms with van der Waals surface area (Å²) in [7, 11) is 0. The van der Waals surface area contributed by atoms with Gasteiger partial charge in [-0.05, 0) is 48.1 Å². The van der Waals surface area contributed by atoms with Crippen LogP contribution in [0.1, 0.15) is 19.8 Å². The molecule has 0 N–H and O–H groups in total. The van der Waals surface area contributed by atoms with Gasteiger partial charge in [0.05, 0.1) is 5.69 Å². The number of allylic oxidation sites excluding steroid dienone is 2. The van der Waals surface area contributed by atoms with E-state index in [0.717, 1.165) is 17.7 Å². The SMILES string of the molecule is C[C@@H]1[C@H](C(=O)N(C=O)c2ccccc2F)[C@H]2C=C[C@H]1C21CC1. The van der Waals surface area contributed by atoms with Crippen molar-refractivity contribution in [2.24, 2.45) is 29.1 Å². The van der Waals surface area contributed by atoms with Crippen LogP contribution in [0.15, 0.2) is 36.4 Å². The molecule has 3 aliphatic carbocycles. The third-order valence-corrected chi connectivity index (χ3v) is 5.94. The number of anilines is 1. The number of carbonyl (C=O) groups excluding carboxylic acids is 2. The van der Waals surface area contributed by atoms with Crippen molar-refractivity contribution in [2.75, 3.05) is 4.90 Å². The average molecular weight is 299 g/mol. The molecule has 2 bridgehead atoms. The summed E-state index contributed by atoms with van der Waals surface area (Å²) in [5.41, 5.74) is 0.301. The van der Waals surface area contributed by atoms with Crippen LogP contribution in [0, 0.1) is 34.9 Å². The fourth-order valence-corrected chi connectivity index (χ4v) is 4.80. The highest BCUT2D eigenvalue weighted by atomic mass is 19.1. The molecule has 3 nitrogen and oxygen atoms in total. The van der Waals surface area contributed by atoms with E-state index in [4.69, 9.17) is 0 Å². The highest BCUT2D eigenvalue weighted by Crippen LogP contribution is 2.72. The molecule has 2 saturated carbocycles. The van der Waals surface area contributed by atoms with Gasteiger partial charge in [0.25, 0.3) is 0 Å². The smallest absolute Gasteiger partial charge is 0.237 e. The summed E-state index contributed by atoms with van der Waals surface area (Å²) in [6.07, 6.45) is 7.14. The molecule has 0 radical (unpaired) electrons. The van der Waals surface area contributed by atoms with Gasteiger partial charge in [-0.3, -0.25) is 9.59 Å². The molecule has 0 unspecified atom stereocenters. The summed E-state index contributed by atoms with van der Waals surface area (Å²) in [5.74, 6) is -0.192. The number of benzene rings is 1. The van der Waals surface area contributed by atoms with E-state index >= 15 is 0 Å². The van der Waals surface area contributed by atoms with Crippen LogP contribution in [0.2, 0.25) is 0 Å². The normalized spacial score (nSPS) is 33.2. The Labute approximate surface area is 128 Å². The molecule has 4 atom stereocenters. The maximum absolute atomic E-state index is 14.0. The molecule has 1 aromatic rings. The minimum absolute atomic E-state index is 0.0475. The number of amides is 2. The predicted molar refractivity (Wildman–Crippen MR) is 80.4 cm³/mol. The first kappa shape index (κ1) is 13.7. The number of rotatable bonds is 3. The Morgan fingerprint density at radius 1 is 1.27 bits per heavy atom. The van der Waals surface area contributed by atoms with Gasteiger partial charge in [-0.2, -0.15) is 0 Å². The monoisotopic (exact) mass is 299 g/mol. The van der Waals surface area contributed by atoms with E-state index < -0.39 is 5.82 Å². The van der Waals surface area contributed by atoms with E-state index in [-0.39, 0.29) is 34.8 Å². The van der Waals surface area contributed by atoms with Gasteiger partial charge in [0, 0.05) is 5.92 Å². The average Bonchev–Trinajstić information content (AvgIpc) is 3.17.